The molecule has 0 radical (unpaired) electrons. The predicted octanol–water partition coefficient (Wildman–Crippen LogP) is 1.89. The lowest BCUT2D eigenvalue weighted by atomic mass is 9.92. The highest BCUT2D eigenvalue weighted by Gasteiger charge is 2.40. The Kier molecular flexibility index (Phi) is 4.02. The molecule has 2 unspecified atom stereocenters. The number of carbonyl (C=O) groups is 1. The summed E-state index contributed by atoms with van der Waals surface area (Å²) < 4.78 is 5.54. The Morgan fingerprint density at radius 3 is 2.75 bits per heavy atom. The predicted molar refractivity (Wildman–Crippen MR) is 92.5 cm³/mol. The average molecular weight is 328 g/mol. The lowest BCUT2D eigenvalue weighted by Crippen LogP contribution is -2.39. The zero-order chi connectivity index (χ0) is 17.4. The number of hydrogen-bond donors (Lipinski definition) is 3. The third-order valence-corrected chi connectivity index (χ3v) is 4.28. The number of nitrogens with two attached hydrogens (primary N) is 1. The van der Waals surface area contributed by atoms with Gasteiger partial charge in [-0.25, -0.2) is 4.99 Å². The molecule has 24 heavy (non-hydrogen) atoms. The molecule has 1 amide bonds. The number of hydrogen-bond acceptors (Lipinski definition) is 6. The van der Waals surface area contributed by atoms with Gasteiger partial charge in [0.25, 0.3) is 0 Å². The van der Waals surface area contributed by atoms with E-state index in [9.17, 15) is 4.79 Å². The van der Waals surface area contributed by atoms with E-state index >= 15 is 0 Å². The second kappa shape index (κ2) is 6.01. The number of methoxy groups -OCH3 is 1. The van der Waals surface area contributed by atoms with Crippen LogP contribution >= 0.6 is 0 Å². The topological polar surface area (TPSA) is 98.0 Å². The summed E-state index contributed by atoms with van der Waals surface area (Å²) in [4.78, 5) is 21.4. The number of benzene rings is 1. The van der Waals surface area contributed by atoms with Crippen molar-refractivity contribution in [1.29, 1.82) is 0 Å². The minimum Gasteiger partial charge on any atom is -0.496 e. The number of aliphatic imine (C=N–C) groups is 1. The molecule has 2 aliphatic rings. The maximum atomic E-state index is 12.2. The van der Waals surface area contributed by atoms with Crippen molar-refractivity contribution in [2.75, 3.05) is 12.4 Å². The van der Waals surface area contributed by atoms with Gasteiger partial charge < -0.3 is 20.2 Å². The Morgan fingerprint density at radius 1 is 1.38 bits per heavy atom. The Labute approximate surface area is 140 Å². The van der Waals surface area contributed by atoms with Crippen LogP contribution in [0.2, 0.25) is 0 Å². The van der Waals surface area contributed by atoms with E-state index in [2.05, 4.69) is 22.2 Å². The number of ether oxygens (including phenoxy) is 1. The molecule has 2 heterocycles. The van der Waals surface area contributed by atoms with Crippen LogP contribution in [-0.2, 0) is 9.63 Å². The first-order valence-corrected chi connectivity index (χ1v) is 7.52. The molecule has 126 valence electrons. The molecule has 7 nitrogen and oxygen atoms in total. The fourth-order valence-electron chi connectivity index (χ4n) is 3.21. The largest absolute Gasteiger partial charge is 0.496 e. The Hall–Kier alpha value is -2.80. The maximum Gasteiger partial charge on any atom is 0.236 e. The number of allylic oxidation sites excluding steroid dienone is 3. The molecule has 2 aliphatic heterocycles. The van der Waals surface area contributed by atoms with E-state index in [4.69, 9.17) is 15.5 Å². The third kappa shape index (κ3) is 2.43. The summed E-state index contributed by atoms with van der Waals surface area (Å²) in [5, 5.41) is 5.91. The van der Waals surface area contributed by atoms with Crippen LogP contribution in [0.4, 0.5) is 5.69 Å². The number of rotatable bonds is 4. The number of carbonyl (C=O) groups excluding carboxylic acids is 1. The highest BCUT2D eigenvalue weighted by Crippen LogP contribution is 2.44. The van der Waals surface area contributed by atoms with Crippen molar-refractivity contribution in [2.24, 2.45) is 10.9 Å². The van der Waals surface area contributed by atoms with Crippen molar-refractivity contribution in [3.8, 4) is 5.75 Å². The van der Waals surface area contributed by atoms with Crippen LogP contribution < -0.4 is 21.3 Å². The van der Waals surface area contributed by atoms with Crippen LogP contribution in [0.3, 0.4) is 0 Å². The van der Waals surface area contributed by atoms with Gasteiger partial charge in [-0.05, 0) is 37.1 Å². The van der Waals surface area contributed by atoms with Crippen LogP contribution in [0.25, 0.3) is 5.57 Å². The lowest BCUT2D eigenvalue weighted by Gasteiger charge is -2.19. The molecule has 1 aromatic carbocycles. The molecular weight excluding hydrogens is 308 g/mol. The normalized spacial score (nSPS) is 21.9. The van der Waals surface area contributed by atoms with E-state index in [1.54, 1.807) is 14.0 Å². The summed E-state index contributed by atoms with van der Waals surface area (Å²) in [5.41, 5.74) is 4.03. The standard InChI is InChI=1S/C17H20N4O3/c1-8(2)14(9(3)24-18)11-5-12-10(6-13(11)23-4)15-16(21-12)19-7-20-17(15)22/h5-7,15-16,21H,1,18H2,2-4H3,(H,19,20,22). The van der Waals surface area contributed by atoms with Crippen LogP contribution in [0.1, 0.15) is 30.9 Å². The number of anilines is 1. The molecule has 0 saturated carbocycles. The van der Waals surface area contributed by atoms with E-state index in [0.29, 0.717) is 11.5 Å². The maximum absolute atomic E-state index is 12.2. The minimum absolute atomic E-state index is 0.0896. The van der Waals surface area contributed by atoms with Crippen LogP contribution in [0, 0.1) is 0 Å². The molecule has 0 aromatic heterocycles. The van der Waals surface area contributed by atoms with Gasteiger partial charge in [0.1, 0.15) is 23.6 Å². The second-order valence-corrected chi connectivity index (χ2v) is 5.82. The van der Waals surface area contributed by atoms with Crippen LogP contribution in [0.15, 0.2) is 35.0 Å². The zero-order valence-corrected chi connectivity index (χ0v) is 13.8. The molecule has 7 heteroatoms. The van der Waals surface area contributed by atoms with Crippen molar-refractivity contribution >= 4 is 23.5 Å². The summed E-state index contributed by atoms with van der Waals surface area (Å²) in [7, 11) is 1.58. The minimum atomic E-state index is -0.378. The first kappa shape index (κ1) is 16.1. The summed E-state index contributed by atoms with van der Waals surface area (Å²) in [6.45, 7) is 7.63. The Morgan fingerprint density at radius 2 is 2.12 bits per heavy atom. The van der Waals surface area contributed by atoms with E-state index in [1.165, 1.54) is 6.34 Å². The first-order chi connectivity index (χ1) is 11.5. The quantitative estimate of drug-likeness (QED) is 0.445. The summed E-state index contributed by atoms with van der Waals surface area (Å²) in [5.74, 6) is 6.02. The monoisotopic (exact) mass is 328 g/mol. The Balaban J connectivity index is 2.18. The molecule has 0 spiro atoms. The molecule has 0 bridgehead atoms. The molecule has 3 rings (SSSR count). The van der Waals surface area contributed by atoms with Gasteiger partial charge in [-0.1, -0.05) is 6.58 Å². The van der Waals surface area contributed by atoms with Crippen molar-refractivity contribution in [3.05, 3.63) is 41.2 Å². The van der Waals surface area contributed by atoms with Gasteiger partial charge in [-0.2, -0.15) is 5.90 Å². The molecule has 2 atom stereocenters. The van der Waals surface area contributed by atoms with Crippen molar-refractivity contribution in [3.63, 3.8) is 0 Å². The van der Waals surface area contributed by atoms with Crippen LogP contribution in [-0.4, -0.2) is 25.5 Å². The van der Waals surface area contributed by atoms with E-state index in [1.807, 2.05) is 19.1 Å². The number of nitrogens with one attached hydrogen (secondary N) is 2. The average Bonchev–Trinajstić information content (AvgIpc) is 2.92. The second-order valence-electron chi connectivity index (χ2n) is 5.82. The highest BCUT2D eigenvalue weighted by molar-refractivity contribution is 5.98. The van der Waals surface area contributed by atoms with Crippen molar-refractivity contribution in [2.45, 2.75) is 25.9 Å². The third-order valence-electron chi connectivity index (χ3n) is 4.28. The summed E-state index contributed by atoms with van der Waals surface area (Å²) in [6, 6.07) is 3.78. The van der Waals surface area contributed by atoms with E-state index in [0.717, 1.165) is 28.0 Å². The van der Waals surface area contributed by atoms with Gasteiger partial charge in [-0.15, -0.1) is 0 Å². The van der Waals surface area contributed by atoms with Gasteiger partial charge in [-0.3, -0.25) is 4.79 Å². The van der Waals surface area contributed by atoms with E-state index in [-0.39, 0.29) is 18.0 Å². The fraction of sp³-hybridized carbons (Fsp3) is 0.294. The van der Waals surface area contributed by atoms with Gasteiger partial charge in [0, 0.05) is 16.8 Å². The summed E-state index contributed by atoms with van der Waals surface area (Å²) >= 11 is 0. The van der Waals surface area contributed by atoms with Gasteiger partial charge in [0.05, 0.1) is 13.4 Å². The first-order valence-electron chi connectivity index (χ1n) is 7.52. The zero-order valence-electron chi connectivity index (χ0n) is 13.8. The molecule has 0 aliphatic carbocycles. The Bertz CT molecular complexity index is 782. The van der Waals surface area contributed by atoms with Gasteiger partial charge >= 0.3 is 0 Å². The number of fused-ring (bicyclic) bond motifs is 3. The molecule has 0 fully saturated rings. The van der Waals surface area contributed by atoms with Crippen molar-refractivity contribution in [1.82, 2.24) is 5.32 Å². The smallest absolute Gasteiger partial charge is 0.236 e. The molecule has 4 N–H and O–H groups in total. The SMILES string of the molecule is C=C(C)C(=C(C)ON)c1cc2c(cc1OC)C1C(=O)NC=NC1N2. The molecule has 1 aromatic rings. The number of amides is 1. The van der Waals surface area contributed by atoms with Gasteiger partial charge in [0.2, 0.25) is 5.91 Å². The molecule has 0 saturated heterocycles. The van der Waals surface area contributed by atoms with Gasteiger partial charge in [0.15, 0.2) is 0 Å². The highest BCUT2D eigenvalue weighted by atomic mass is 16.6. The number of nitrogens with zero attached hydrogens (tertiary/aromatic N) is 1. The van der Waals surface area contributed by atoms with E-state index < -0.39 is 0 Å². The lowest BCUT2D eigenvalue weighted by molar-refractivity contribution is -0.121. The van der Waals surface area contributed by atoms with Crippen LogP contribution in [0.5, 0.6) is 5.75 Å². The van der Waals surface area contributed by atoms with Crippen molar-refractivity contribution < 1.29 is 14.4 Å². The fourth-order valence-corrected chi connectivity index (χ4v) is 3.21. The summed E-state index contributed by atoms with van der Waals surface area (Å²) in [6.07, 6.45) is 1.12. The molecular formula is C17H20N4O3.